The summed E-state index contributed by atoms with van der Waals surface area (Å²) in [7, 11) is -3.73. The maximum absolute atomic E-state index is 13.0. The van der Waals surface area contributed by atoms with Gasteiger partial charge in [0, 0.05) is 18.7 Å². The minimum atomic E-state index is -3.73. The predicted octanol–water partition coefficient (Wildman–Crippen LogP) is 2.98. The van der Waals surface area contributed by atoms with Crippen LogP contribution in [0.2, 0.25) is 0 Å². The first-order chi connectivity index (χ1) is 13.5. The van der Waals surface area contributed by atoms with Crippen LogP contribution >= 0.6 is 0 Å². The highest BCUT2D eigenvalue weighted by Gasteiger charge is 2.24. The van der Waals surface area contributed by atoms with Gasteiger partial charge >= 0.3 is 0 Å². The molecule has 3 rings (SSSR count). The lowest BCUT2D eigenvalue weighted by molar-refractivity contribution is 0.0858. The summed E-state index contributed by atoms with van der Waals surface area (Å²) in [4.78, 5) is 12.5. The van der Waals surface area contributed by atoms with Crippen molar-refractivity contribution in [1.29, 1.82) is 0 Å². The molecule has 148 valence electrons. The first kappa shape index (κ1) is 20.1. The van der Waals surface area contributed by atoms with Crippen LogP contribution in [0.25, 0.3) is 0 Å². The molecule has 1 amide bonds. The molecule has 1 atom stereocenters. The van der Waals surface area contributed by atoms with Crippen molar-refractivity contribution >= 4 is 21.6 Å². The van der Waals surface area contributed by atoms with Crippen molar-refractivity contribution in [2.45, 2.75) is 23.8 Å². The molecule has 1 fully saturated rings. The number of anilines is 1. The van der Waals surface area contributed by atoms with E-state index in [1.165, 1.54) is 10.4 Å². The number of carbonyl (C=O) groups excluding carboxylic acids is 1. The first-order valence-electron chi connectivity index (χ1n) is 9.21. The van der Waals surface area contributed by atoms with Gasteiger partial charge in [0.1, 0.15) is 0 Å². The van der Waals surface area contributed by atoms with Crippen LogP contribution < -0.4 is 9.62 Å². The summed E-state index contributed by atoms with van der Waals surface area (Å²) < 4.78 is 32.7. The Bertz CT molecular complexity index is 905. The number of ether oxygens (including phenoxy) is 1. The smallest absolute Gasteiger partial charge is 0.264 e. The molecule has 1 saturated heterocycles. The standard InChI is InChI=1S/C21H24N2O4S/c1-2-14-23(28(25,26)20-8-4-3-5-9-20)18-12-10-17(11-13-18)21(24)22-16-19-7-6-15-27-19/h2-5,8-13,19H,1,6-7,14-16H2,(H,22,24)/t19-/m1/s1. The van der Waals surface area contributed by atoms with Crippen LogP contribution in [-0.2, 0) is 14.8 Å². The van der Waals surface area contributed by atoms with Crippen LogP contribution in [0, 0.1) is 0 Å². The van der Waals surface area contributed by atoms with Gasteiger partial charge in [-0.3, -0.25) is 9.10 Å². The average Bonchev–Trinajstić information content (AvgIpc) is 3.24. The number of hydrogen-bond donors (Lipinski definition) is 1. The Hall–Kier alpha value is -2.64. The molecule has 1 aliphatic rings. The van der Waals surface area contributed by atoms with Crippen molar-refractivity contribution in [2.75, 3.05) is 24.0 Å². The van der Waals surface area contributed by atoms with Crippen molar-refractivity contribution in [1.82, 2.24) is 5.32 Å². The lowest BCUT2D eigenvalue weighted by atomic mass is 10.2. The fraction of sp³-hybridized carbons (Fsp3) is 0.286. The summed E-state index contributed by atoms with van der Waals surface area (Å²) in [5.41, 5.74) is 0.942. The van der Waals surface area contributed by atoms with E-state index in [9.17, 15) is 13.2 Å². The van der Waals surface area contributed by atoms with Gasteiger partial charge in [-0.05, 0) is 49.2 Å². The normalized spacial score (nSPS) is 16.5. The second-order valence-electron chi connectivity index (χ2n) is 6.53. The maximum Gasteiger partial charge on any atom is 0.264 e. The second-order valence-corrected chi connectivity index (χ2v) is 8.39. The molecule has 6 nitrogen and oxygen atoms in total. The molecule has 0 aliphatic carbocycles. The molecular formula is C21H24N2O4S. The van der Waals surface area contributed by atoms with Crippen molar-refractivity contribution in [3.05, 3.63) is 72.8 Å². The average molecular weight is 401 g/mol. The third-order valence-electron chi connectivity index (χ3n) is 4.56. The zero-order chi connectivity index (χ0) is 20.0. The molecule has 7 heteroatoms. The highest BCUT2D eigenvalue weighted by atomic mass is 32.2. The molecule has 2 aromatic carbocycles. The third kappa shape index (κ3) is 4.61. The van der Waals surface area contributed by atoms with E-state index >= 15 is 0 Å². The van der Waals surface area contributed by atoms with E-state index in [2.05, 4.69) is 11.9 Å². The van der Waals surface area contributed by atoms with Crippen LogP contribution in [0.1, 0.15) is 23.2 Å². The largest absolute Gasteiger partial charge is 0.376 e. The fourth-order valence-corrected chi connectivity index (χ4v) is 4.53. The Balaban J connectivity index is 1.75. The number of carbonyl (C=O) groups is 1. The van der Waals surface area contributed by atoms with Crippen LogP contribution in [0.15, 0.2) is 72.1 Å². The van der Waals surface area contributed by atoms with E-state index in [0.717, 1.165) is 19.4 Å². The maximum atomic E-state index is 13.0. The van der Waals surface area contributed by atoms with Crippen LogP contribution in [0.3, 0.4) is 0 Å². The number of hydrogen-bond acceptors (Lipinski definition) is 4. The molecule has 1 heterocycles. The molecule has 0 radical (unpaired) electrons. The van der Waals surface area contributed by atoms with E-state index in [1.54, 1.807) is 54.6 Å². The van der Waals surface area contributed by atoms with Gasteiger partial charge in [-0.2, -0.15) is 0 Å². The van der Waals surface area contributed by atoms with E-state index in [0.29, 0.717) is 17.8 Å². The van der Waals surface area contributed by atoms with Gasteiger partial charge in [-0.15, -0.1) is 6.58 Å². The molecule has 0 aromatic heterocycles. The van der Waals surface area contributed by atoms with Gasteiger partial charge in [-0.25, -0.2) is 8.42 Å². The van der Waals surface area contributed by atoms with Gasteiger partial charge in [0.2, 0.25) is 0 Å². The number of rotatable bonds is 8. The third-order valence-corrected chi connectivity index (χ3v) is 6.37. The topological polar surface area (TPSA) is 75.7 Å². The Labute approximate surface area is 165 Å². The van der Waals surface area contributed by atoms with Gasteiger partial charge in [0.05, 0.1) is 23.2 Å². The lowest BCUT2D eigenvalue weighted by Crippen LogP contribution is -2.32. The molecule has 0 bridgehead atoms. The van der Waals surface area contributed by atoms with E-state index in [4.69, 9.17) is 4.74 Å². The molecule has 2 aromatic rings. The monoisotopic (exact) mass is 400 g/mol. The summed E-state index contributed by atoms with van der Waals surface area (Å²) >= 11 is 0. The molecule has 0 unspecified atom stereocenters. The van der Waals surface area contributed by atoms with E-state index in [1.807, 2.05) is 0 Å². The van der Waals surface area contributed by atoms with Crippen molar-refractivity contribution in [2.24, 2.45) is 0 Å². The molecule has 1 N–H and O–H groups in total. The van der Waals surface area contributed by atoms with E-state index in [-0.39, 0.29) is 23.5 Å². The zero-order valence-corrected chi connectivity index (χ0v) is 16.4. The highest BCUT2D eigenvalue weighted by Crippen LogP contribution is 2.24. The van der Waals surface area contributed by atoms with Crippen LogP contribution in [0.5, 0.6) is 0 Å². The summed E-state index contributed by atoms with van der Waals surface area (Å²) in [6.45, 7) is 5.00. The number of amides is 1. The molecule has 28 heavy (non-hydrogen) atoms. The number of benzene rings is 2. The predicted molar refractivity (Wildman–Crippen MR) is 109 cm³/mol. The Kier molecular flexibility index (Phi) is 6.49. The van der Waals surface area contributed by atoms with Crippen molar-refractivity contribution in [3.63, 3.8) is 0 Å². The van der Waals surface area contributed by atoms with Crippen molar-refractivity contribution in [3.8, 4) is 0 Å². The highest BCUT2D eigenvalue weighted by molar-refractivity contribution is 7.92. The van der Waals surface area contributed by atoms with Crippen molar-refractivity contribution < 1.29 is 17.9 Å². The SMILES string of the molecule is C=CCN(c1ccc(C(=O)NC[C@H]2CCCO2)cc1)S(=O)(=O)c1ccccc1. The lowest BCUT2D eigenvalue weighted by Gasteiger charge is -2.23. The molecule has 1 aliphatic heterocycles. The molecule has 0 spiro atoms. The summed E-state index contributed by atoms with van der Waals surface area (Å²) in [5.74, 6) is -0.205. The van der Waals surface area contributed by atoms with Crippen LogP contribution in [0.4, 0.5) is 5.69 Å². The number of nitrogens with zero attached hydrogens (tertiary/aromatic N) is 1. The fourth-order valence-electron chi connectivity index (χ4n) is 3.07. The van der Waals surface area contributed by atoms with E-state index < -0.39 is 10.0 Å². The quantitative estimate of drug-likeness (QED) is 0.691. The summed E-state index contributed by atoms with van der Waals surface area (Å²) in [6.07, 6.45) is 3.57. The minimum absolute atomic E-state index is 0.0716. The molecule has 0 saturated carbocycles. The van der Waals surface area contributed by atoms with Gasteiger partial charge in [0.25, 0.3) is 15.9 Å². The van der Waals surface area contributed by atoms with Gasteiger partial charge < -0.3 is 10.1 Å². The Morgan fingerprint density at radius 1 is 1.18 bits per heavy atom. The van der Waals surface area contributed by atoms with Gasteiger partial charge in [-0.1, -0.05) is 24.3 Å². The number of sulfonamides is 1. The number of nitrogens with one attached hydrogen (secondary N) is 1. The molecular weight excluding hydrogens is 376 g/mol. The second kappa shape index (κ2) is 9.03. The zero-order valence-electron chi connectivity index (χ0n) is 15.6. The minimum Gasteiger partial charge on any atom is -0.376 e. The Morgan fingerprint density at radius 2 is 1.89 bits per heavy atom. The first-order valence-corrected chi connectivity index (χ1v) is 10.6. The summed E-state index contributed by atoms with van der Waals surface area (Å²) in [6, 6.07) is 14.7. The van der Waals surface area contributed by atoms with Crippen LogP contribution in [-0.4, -0.2) is 40.1 Å². The van der Waals surface area contributed by atoms with Gasteiger partial charge in [0.15, 0.2) is 0 Å². The Morgan fingerprint density at radius 3 is 2.50 bits per heavy atom. The summed E-state index contributed by atoms with van der Waals surface area (Å²) in [5, 5.41) is 2.86.